The summed E-state index contributed by atoms with van der Waals surface area (Å²) in [5.41, 5.74) is 1.07. The van der Waals surface area contributed by atoms with E-state index in [1.807, 2.05) is 30.3 Å². The molecule has 0 radical (unpaired) electrons. The van der Waals surface area contributed by atoms with Crippen LogP contribution in [0.4, 0.5) is 0 Å². The van der Waals surface area contributed by atoms with Crippen LogP contribution in [0.1, 0.15) is 64.4 Å². The van der Waals surface area contributed by atoms with Crippen LogP contribution in [-0.2, 0) is 25.5 Å². The van der Waals surface area contributed by atoms with Crippen molar-refractivity contribution in [2.45, 2.75) is 71.3 Å². The van der Waals surface area contributed by atoms with E-state index in [0.29, 0.717) is 38.6 Å². The zero-order valence-electron chi connectivity index (χ0n) is 17.2. The molecule has 0 aliphatic heterocycles. The Hall–Kier alpha value is -2.37. The van der Waals surface area contributed by atoms with Gasteiger partial charge in [0.05, 0.1) is 6.61 Å². The van der Waals surface area contributed by atoms with E-state index in [1.165, 1.54) is 0 Å². The number of hydrogen-bond donors (Lipinski definition) is 2. The number of nitrogens with one attached hydrogen (secondary N) is 2. The fourth-order valence-electron chi connectivity index (χ4n) is 2.82. The van der Waals surface area contributed by atoms with Gasteiger partial charge in [-0.25, -0.2) is 4.79 Å². The van der Waals surface area contributed by atoms with Gasteiger partial charge in [0.15, 0.2) is 0 Å². The van der Waals surface area contributed by atoms with Gasteiger partial charge in [0.1, 0.15) is 6.04 Å². The van der Waals surface area contributed by atoms with Gasteiger partial charge in [-0.05, 0) is 38.2 Å². The van der Waals surface area contributed by atoms with Crippen molar-refractivity contribution in [1.29, 1.82) is 0 Å². The van der Waals surface area contributed by atoms with Crippen LogP contribution in [0.15, 0.2) is 30.3 Å². The van der Waals surface area contributed by atoms with Crippen molar-refractivity contribution < 1.29 is 19.1 Å². The van der Waals surface area contributed by atoms with E-state index in [1.54, 1.807) is 6.92 Å². The van der Waals surface area contributed by atoms with Crippen LogP contribution < -0.4 is 10.6 Å². The number of benzene rings is 1. The molecule has 0 unspecified atom stereocenters. The predicted octanol–water partition coefficient (Wildman–Crippen LogP) is 3.14. The number of esters is 1. The highest BCUT2D eigenvalue weighted by Crippen LogP contribution is 2.06. The van der Waals surface area contributed by atoms with Gasteiger partial charge in [-0.1, -0.05) is 50.1 Å². The van der Waals surface area contributed by atoms with Crippen molar-refractivity contribution in [2.24, 2.45) is 0 Å². The summed E-state index contributed by atoms with van der Waals surface area (Å²) in [5, 5.41) is 5.64. The van der Waals surface area contributed by atoms with Gasteiger partial charge in [-0.15, -0.1) is 0 Å². The Balaban J connectivity index is 2.39. The minimum atomic E-state index is -0.712. The quantitative estimate of drug-likeness (QED) is 0.377. The van der Waals surface area contributed by atoms with Gasteiger partial charge in [0, 0.05) is 19.4 Å². The minimum Gasteiger partial charge on any atom is -0.464 e. The van der Waals surface area contributed by atoms with Crippen molar-refractivity contribution in [2.75, 3.05) is 13.2 Å². The maximum atomic E-state index is 12.2. The summed E-state index contributed by atoms with van der Waals surface area (Å²) in [5.74, 6) is -0.654. The number of rotatable bonds is 14. The number of carbonyl (C=O) groups is 3. The topological polar surface area (TPSA) is 84.5 Å². The third-order valence-corrected chi connectivity index (χ3v) is 4.39. The molecule has 0 saturated carbocycles. The second-order valence-electron chi connectivity index (χ2n) is 6.81. The second kappa shape index (κ2) is 14.7. The summed E-state index contributed by atoms with van der Waals surface area (Å²) < 4.78 is 5.06. The number of ether oxygens (including phenoxy) is 1. The first-order valence-electron chi connectivity index (χ1n) is 10.3. The van der Waals surface area contributed by atoms with Crippen molar-refractivity contribution in [3.8, 4) is 0 Å². The molecule has 1 atom stereocenters. The molecule has 0 aliphatic rings. The highest BCUT2D eigenvalue weighted by molar-refractivity contribution is 5.84. The van der Waals surface area contributed by atoms with Crippen molar-refractivity contribution in [3.05, 3.63) is 35.9 Å². The largest absolute Gasteiger partial charge is 0.464 e. The smallest absolute Gasteiger partial charge is 0.328 e. The fourth-order valence-corrected chi connectivity index (χ4v) is 2.82. The lowest BCUT2D eigenvalue weighted by atomic mass is 10.1. The molecule has 0 spiro atoms. The maximum absolute atomic E-state index is 12.2. The Labute approximate surface area is 168 Å². The van der Waals surface area contributed by atoms with Crippen LogP contribution in [0.3, 0.4) is 0 Å². The van der Waals surface area contributed by atoms with E-state index in [4.69, 9.17) is 4.74 Å². The molecule has 6 heteroatoms. The SMILES string of the molecule is CCCCCNC(=O)CCC[C@@H](NC(=O)CCc1ccccc1)C(=O)OCC. The number of carbonyl (C=O) groups excluding carboxylic acids is 3. The molecular weight excluding hydrogens is 356 g/mol. The summed E-state index contributed by atoms with van der Waals surface area (Å²) in [4.78, 5) is 36.2. The Kier molecular flexibility index (Phi) is 12.4. The molecule has 1 aromatic rings. The zero-order valence-corrected chi connectivity index (χ0v) is 17.2. The van der Waals surface area contributed by atoms with Crippen molar-refractivity contribution in [1.82, 2.24) is 10.6 Å². The van der Waals surface area contributed by atoms with E-state index in [-0.39, 0.29) is 18.4 Å². The fraction of sp³-hybridized carbons (Fsp3) is 0.591. The highest BCUT2D eigenvalue weighted by Gasteiger charge is 2.22. The molecule has 1 aromatic carbocycles. The third kappa shape index (κ3) is 10.7. The van der Waals surface area contributed by atoms with Gasteiger partial charge in [-0.2, -0.15) is 0 Å². The average molecular weight is 391 g/mol. The van der Waals surface area contributed by atoms with Crippen LogP contribution in [0.25, 0.3) is 0 Å². The summed E-state index contributed by atoms with van der Waals surface area (Å²) in [7, 11) is 0. The summed E-state index contributed by atoms with van der Waals surface area (Å²) >= 11 is 0. The van der Waals surface area contributed by atoms with Crippen LogP contribution >= 0.6 is 0 Å². The van der Waals surface area contributed by atoms with E-state index in [2.05, 4.69) is 17.6 Å². The van der Waals surface area contributed by atoms with Crippen LogP contribution in [0, 0.1) is 0 Å². The lowest BCUT2D eigenvalue weighted by molar-refractivity contribution is -0.147. The minimum absolute atomic E-state index is 0.0193. The predicted molar refractivity (Wildman–Crippen MR) is 110 cm³/mol. The van der Waals surface area contributed by atoms with Crippen LogP contribution in [-0.4, -0.2) is 37.0 Å². The van der Waals surface area contributed by atoms with Crippen molar-refractivity contribution in [3.63, 3.8) is 0 Å². The second-order valence-corrected chi connectivity index (χ2v) is 6.81. The monoisotopic (exact) mass is 390 g/mol. The third-order valence-electron chi connectivity index (χ3n) is 4.39. The molecule has 0 aromatic heterocycles. The first kappa shape index (κ1) is 23.7. The lowest BCUT2D eigenvalue weighted by Gasteiger charge is -2.17. The van der Waals surface area contributed by atoms with E-state index in [0.717, 1.165) is 24.8 Å². The molecule has 2 amide bonds. The van der Waals surface area contributed by atoms with E-state index >= 15 is 0 Å². The Morgan fingerprint density at radius 3 is 2.39 bits per heavy atom. The van der Waals surface area contributed by atoms with E-state index < -0.39 is 12.0 Å². The lowest BCUT2D eigenvalue weighted by Crippen LogP contribution is -2.42. The molecule has 0 fully saturated rings. The standard InChI is InChI=1S/C22H34N2O4/c1-3-5-9-17-23-20(25)14-10-13-19(22(27)28-4-2)24-21(26)16-15-18-11-7-6-8-12-18/h6-8,11-12,19H,3-5,9-10,13-17H2,1-2H3,(H,23,25)(H,24,26)/t19-/m1/s1. The average Bonchev–Trinajstić information content (AvgIpc) is 2.70. The first-order valence-corrected chi connectivity index (χ1v) is 10.3. The number of amides is 2. The van der Waals surface area contributed by atoms with Gasteiger partial charge < -0.3 is 15.4 Å². The summed E-state index contributed by atoms with van der Waals surface area (Å²) in [6, 6.07) is 9.02. The van der Waals surface area contributed by atoms with Crippen molar-refractivity contribution >= 4 is 17.8 Å². The molecule has 28 heavy (non-hydrogen) atoms. The molecule has 0 aliphatic carbocycles. The molecule has 0 heterocycles. The summed E-state index contributed by atoms with van der Waals surface area (Å²) in [6.45, 7) is 4.79. The van der Waals surface area contributed by atoms with Gasteiger partial charge in [0.25, 0.3) is 0 Å². The molecule has 156 valence electrons. The maximum Gasteiger partial charge on any atom is 0.328 e. The Morgan fingerprint density at radius 1 is 0.964 bits per heavy atom. The van der Waals surface area contributed by atoms with E-state index in [9.17, 15) is 14.4 Å². The molecule has 0 bridgehead atoms. The number of aryl methyl sites for hydroxylation is 1. The highest BCUT2D eigenvalue weighted by atomic mass is 16.5. The summed E-state index contributed by atoms with van der Waals surface area (Å²) in [6.07, 6.45) is 5.34. The Morgan fingerprint density at radius 2 is 1.71 bits per heavy atom. The molecule has 2 N–H and O–H groups in total. The molecule has 6 nitrogen and oxygen atoms in total. The Bertz CT molecular complexity index is 589. The van der Waals surface area contributed by atoms with Crippen LogP contribution in [0.2, 0.25) is 0 Å². The molecular formula is C22H34N2O4. The number of unbranched alkanes of at least 4 members (excludes halogenated alkanes) is 2. The van der Waals surface area contributed by atoms with Gasteiger partial charge in [-0.3, -0.25) is 9.59 Å². The molecule has 0 saturated heterocycles. The normalized spacial score (nSPS) is 11.5. The zero-order chi connectivity index (χ0) is 20.6. The van der Waals surface area contributed by atoms with Gasteiger partial charge >= 0.3 is 5.97 Å². The first-order chi connectivity index (χ1) is 13.6. The number of hydrogen-bond acceptors (Lipinski definition) is 4. The molecule has 1 rings (SSSR count). The van der Waals surface area contributed by atoms with Crippen LogP contribution in [0.5, 0.6) is 0 Å². The van der Waals surface area contributed by atoms with Gasteiger partial charge in [0.2, 0.25) is 11.8 Å².